The molecule has 5 nitrogen and oxygen atoms in total. The number of nitrogens with zero attached hydrogens (tertiary/aromatic N) is 4. The second kappa shape index (κ2) is 6.14. The van der Waals surface area contributed by atoms with E-state index in [2.05, 4.69) is 44.1 Å². The molecule has 23 heavy (non-hydrogen) atoms. The van der Waals surface area contributed by atoms with Gasteiger partial charge in [0.2, 0.25) is 0 Å². The highest BCUT2D eigenvalue weighted by atomic mass is 15.3. The smallest absolute Gasteiger partial charge is 0.160 e. The number of hydrogen-bond donors (Lipinski definition) is 1. The lowest BCUT2D eigenvalue weighted by atomic mass is 9.83. The molecule has 0 aromatic carbocycles. The van der Waals surface area contributed by atoms with Gasteiger partial charge in [-0.15, -0.1) is 5.10 Å². The van der Waals surface area contributed by atoms with Gasteiger partial charge in [-0.05, 0) is 31.2 Å². The average Bonchev–Trinajstić information content (AvgIpc) is 3.25. The van der Waals surface area contributed by atoms with Crippen LogP contribution in [-0.2, 0) is 0 Å². The highest BCUT2D eigenvalue weighted by Crippen LogP contribution is 2.35. The van der Waals surface area contributed by atoms with Crippen molar-refractivity contribution in [3.8, 4) is 11.1 Å². The topological polar surface area (TPSA) is 59.4 Å². The first-order valence-corrected chi connectivity index (χ1v) is 8.70. The lowest BCUT2D eigenvalue weighted by Gasteiger charge is -2.29. The van der Waals surface area contributed by atoms with Gasteiger partial charge in [0, 0.05) is 28.9 Å². The van der Waals surface area contributed by atoms with E-state index in [1.54, 1.807) is 0 Å². The molecule has 0 saturated heterocycles. The van der Waals surface area contributed by atoms with Crippen LogP contribution in [0.1, 0.15) is 51.5 Å². The number of hydrogen-bond acceptors (Lipinski definition) is 3. The minimum Gasteiger partial charge on any atom is -0.345 e. The highest BCUT2D eigenvalue weighted by Gasteiger charge is 2.24. The molecule has 1 fully saturated rings. The summed E-state index contributed by atoms with van der Waals surface area (Å²) in [7, 11) is 0. The first-order valence-electron chi connectivity index (χ1n) is 8.70. The molecule has 0 unspecified atom stereocenters. The van der Waals surface area contributed by atoms with E-state index in [4.69, 9.17) is 0 Å². The number of aromatic nitrogens is 5. The zero-order valence-electron chi connectivity index (χ0n) is 13.6. The highest BCUT2D eigenvalue weighted by molar-refractivity contribution is 5.91. The van der Waals surface area contributed by atoms with Gasteiger partial charge in [-0.3, -0.25) is 4.68 Å². The van der Waals surface area contributed by atoms with Crippen LogP contribution in [0.3, 0.4) is 0 Å². The fourth-order valence-electron chi connectivity index (χ4n) is 4.02. The Balaban J connectivity index is 1.66. The van der Waals surface area contributed by atoms with Crippen molar-refractivity contribution in [2.24, 2.45) is 5.92 Å². The fraction of sp³-hybridized carbons (Fsp3) is 0.500. The Bertz CT molecular complexity index is 781. The van der Waals surface area contributed by atoms with Gasteiger partial charge in [0.05, 0.1) is 18.4 Å². The first kappa shape index (κ1) is 14.4. The molecule has 0 amide bonds. The van der Waals surface area contributed by atoms with Gasteiger partial charge in [-0.25, -0.2) is 0 Å². The summed E-state index contributed by atoms with van der Waals surface area (Å²) in [5.74, 6) is 0.768. The molecule has 1 aliphatic rings. The Morgan fingerprint density at radius 2 is 2.13 bits per heavy atom. The summed E-state index contributed by atoms with van der Waals surface area (Å²) >= 11 is 0. The van der Waals surface area contributed by atoms with Crippen LogP contribution in [0.15, 0.2) is 30.9 Å². The number of rotatable bonds is 4. The molecule has 0 radical (unpaired) electrons. The number of H-pyrrole nitrogens is 1. The Morgan fingerprint density at radius 3 is 2.96 bits per heavy atom. The maximum Gasteiger partial charge on any atom is 0.160 e. The van der Waals surface area contributed by atoms with Crippen LogP contribution in [0.5, 0.6) is 0 Å². The molecule has 1 atom stereocenters. The molecular weight excluding hydrogens is 286 g/mol. The van der Waals surface area contributed by atoms with Gasteiger partial charge in [0.15, 0.2) is 5.65 Å². The SMILES string of the molecule is CC[C@H](C1CCCCC1)n1cc(-c2cnnc3[nH]ccc23)cn1. The second-order valence-corrected chi connectivity index (χ2v) is 6.58. The van der Waals surface area contributed by atoms with Gasteiger partial charge >= 0.3 is 0 Å². The Labute approximate surface area is 136 Å². The van der Waals surface area contributed by atoms with E-state index in [9.17, 15) is 0 Å². The molecule has 1 aliphatic carbocycles. The summed E-state index contributed by atoms with van der Waals surface area (Å²) in [5, 5.41) is 14.0. The molecule has 0 aliphatic heterocycles. The minimum atomic E-state index is 0.514. The summed E-state index contributed by atoms with van der Waals surface area (Å²) < 4.78 is 2.18. The van der Waals surface area contributed by atoms with Crippen molar-refractivity contribution in [3.05, 3.63) is 30.9 Å². The Kier molecular flexibility index (Phi) is 3.85. The third kappa shape index (κ3) is 2.64. The lowest BCUT2D eigenvalue weighted by Crippen LogP contribution is -2.21. The summed E-state index contributed by atoms with van der Waals surface area (Å²) in [6.07, 6.45) is 15.8. The van der Waals surface area contributed by atoms with E-state index in [-0.39, 0.29) is 0 Å². The molecule has 3 aromatic rings. The fourth-order valence-corrected chi connectivity index (χ4v) is 4.02. The summed E-state index contributed by atoms with van der Waals surface area (Å²) in [6.45, 7) is 2.28. The van der Waals surface area contributed by atoms with Crippen molar-refractivity contribution < 1.29 is 0 Å². The van der Waals surface area contributed by atoms with Crippen LogP contribution < -0.4 is 0 Å². The van der Waals surface area contributed by atoms with Gasteiger partial charge in [0.1, 0.15) is 0 Å². The largest absolute Gasteiger partial charge is 0.345 e. The van der Waals surface area contributed by atoms with Crippen LogP contribution in [0, 0.1) is 5.92 Å². The Hall–Kier alpha value is -2.17. The van der Waals surface area contributed by atoms with Gasteiger partial charge in [-0.1, -0.05) is 26.2 Å². The summed E-state index contributed by atoms with van der Waals surface area (Å²) in [4.78, 5) is 3.12. The number of nitrogens with one attached hydrogen (secondary N) is 1. The van der Waals surface area contributed by atoms with Gasteiger partial charge in [0.25, 0.3) is 0 Å². The van der Waals surface area contributed by atoms with Gasteiger partial charge in [-0.2, -0.15) is 10.2 Å². The standard InChI is InChI=1S/C18H23N5/c1-2-17(13-6-4-3-5-7-13)23-12-14(10-21-23)16-11-20-22-18-15(16)8-9-19-18/h8-13,17H,2-7H2,1H3,(H,19,22)/t17-/m1/s1. The van der Waals surface area contributed by atoms with Crippen molar-refractivity contribution in [2.45, 2.75) is 51.5 Å². The molecule has 4 rings (SSSR count). The van der Waals surface area contributed by atoms with Crippen LogP contribution in [0.25, 0.3) is 22.2 Å². The van der Waals surface area contributed by atoms with E-state index in [1.165, 1.54) is 32.1 Å². The van der Waals surface area contributed by atoms with Crippen molar-refractivity contribution in [2.75, 3.05) is 0 Å². The zero-order chi connectivity index (χ0) is 15.6. The quantitative estimate of drug-likeness (QED) is 0.779. The monoisotopic (exact) mass is 309 g/mol. The predicted octanol–water partition coefficient (Wildman–Crippen LogP) is 4.35. The predicted molar refractivity (Wildman–Crippen MR) is 91.0 cm³/mol. The minimum absolute atomic E-state index is 0.514. The molecule has 3 aromatic heterocycles. The second-order valence-electron chi connectivity index (χ2n) is 6.58. The van der Waals surface area contributed by atoms with Crippen molar-refractivity contribution in [3.63, 3.8) is 0 Å². The van der Waals surface area contributed by atoms with Crippen LogP contribution >= 0.6 is 0 Å². The maximum absolute atomic E-state index is 4.69. The number of aromatic amines is 1. The first-order chi connectivity index (χ1) is 11.4. The van der Waals surface area contributed by atoms with Crippen molar-refractivity contribution in [1.82, 2.24) is 25.0 Å². The molecule has 1 N–H and O–H groups in total. The third-order valence-corrected chi connectivity index (χ3v) is 5.22. The summed E-state index contributed by atoms with van der Waals surface area (Å²) in [6, 6.07) is 2.57. The lowest BCUT2D eigenvalue weighted by molar-refractivity contribution is 0.229. The third-order valence-electron chi connectivity index (χ3n) is 5.22. The van der Waals surface area contributed by atoms with Crippen molar-refractivity contribution in [1.29, 1.82) is 0 Å². The molecule has 120 valence electrons. The van der Waals surface area contributed by atoms with E-state index < -0.39 is 0 Å². The molecule has 1 saturated carbocycles. The maximum atomic E-state index is 4.69. The summed E-state index contributed by atoms with van der Waals surface area (Å²) in [5.41, 5.74) is 3.05. The van der Waals surface area contributed by atoms with E-state index in [1.807, 2.05) is 18.6 Å². The molecule has 0 bridgehead atoms. The zero-order valence-corrected chi connectivity index (χ0v) is 13.6. The van der Waals surface area contributed by atoms with Gasteiger partial charge < -0.3 is 4.98 Å². The molecule has 0 spiro atoms. The normalized spacial score (nSPS) is 17.6. The molecular formula is C18H23N5. The van der Waals surface area contributed by atoms with Crippen LogP contribution in [0.4, 0.5) is 0 Å². The molecule has 5 heteroatoms. The Morgan fingerprint density at radius 1 is 1.26 bits per heavy atom. The average molecular weight is 309 g/mol. The van der Waals surface area contributed by atoms with Crippen LogP contribution in [-0.4, -0.2) is 25.0 Å². The number of fused-ring (bicyclic) bond motifs is 1. The molecule has 3 heterocycles. The van der Waals surface area contributed by atoms with Crippen LogP contribution in [0.2, 0.25) is 0 Å². The van der Waals surface area contributed by atoms with Crippen molar-refractivity contribution >= 4 is 11.0 Å². The van der Waals surface area contributed by atoms with E-state index >= 15 is 0 Å². The van der Waals surface area contributed by atoms with E-state index in [0.717, 1.165) is 34.5 Å². The van der Waals surface area contributed by atoms with E-state index in [0.29, 0.717) is 6.04 Å².